The molecule has 2 atom stereocenters. The molecule has 6 heterocycles. The van der Waals surface area contributed by atoms with Crippen molar-refractivity contribution in [1.29, 1.82) is 0 Å². The number of hydrogen-bond acceptors (Lipinski definition) is 6. The lowest BCUT2D eigenvalue weighted by atomic mass is 9.73. The van der Waals surface area contributed by atoms with Gasteiger partial charge in [-0.2, -0.15) is 10.2 Å². The van der Waals surface area contributed by atoms with Crippen molar-refractivity contribution in [3.63, 3.8) is 0 Å². The number of amides is 1. The molecule has 0 spiro atoms. The van der Waals surface area contributed by atoms with E-state index in [1.807, 2.05) is 36.4 Å². The summed E-state index contributed by atoms with van der Waals surface area (Å²) in [4.78, 5) is 24.8. The number of H-pyrrole nitrogens is 1. The van der Waals surface area contributed by atoms with E-state index in [0.29, 0.717) is 42.1 Å². The fraction of sp³-hybridized carbons (Fsp3) is 0.265. The zero-order valence-electron chi connectivity index (χ0n) is 25.1. The molecule has 2 aliphatic heterocycles. The fourth-order valence-corrected chi connectivity index (χ4v) is 7.42. The Morgan fingerprint density at radius 3 is 2.64 bits per heavy atom. The summed E-state index contributed by atoms with van der Waals surface area (Å²) < 4.78 is 17.9. The first-order chi connectivity index (χ1) is 21.7. The summed E-state index contributed by atoms with van der Waals surface area (Å²) in [5, 5.41) is 23.2. The Labute approximate surface area is 258 Å². The number of halogens is 1. The molecular weight excluding hydrogens is 571 g/mol. The van der Waals surface area contributed by atoms with Crippen LogP contribution in [0.1, 0.15) is 27.2 Å². The predicted octanol–water partition coefficient (Wildman–Crippen LogP) is 6.50. The number of piperazine rings is 1. The number of rotatable bonds is 4. The van der Waals surface area contributed by atoms with E-state index in [9.17, 15) is 9.90 Å². The topological polar surface area (TPSA) is 116 Å². The summed E-state index contributed by atoms with van der Waals surface area (Å²) in [6.07, 6.45) is 6.73. The second kappa shape index (κ2) is 9.59. The van der Waals surface area contributed by atoms with Gasteiger partial charge in [0.1, 0.15) is 11.5 Å². The van der Waals surface area contributed by atoms with Crippen molar-refractivity contribution >= 4 is 28.3 Å². The number of aromatic nitrogens is 6. The third-order valence-electron chi connectivity index (χ3n) is 9.77. The van der Waals surface area contributed by atoms with Gasteiger partial charge in [0, 0.05) is 59.9 Å². The van der Waals surface area contributed by atoms with E-state index >= 15 is 4.39 Å². The minimum Gasteiger partial charge on any atom is -0.465 e. The Balaban J connectivity index is 1.24. The van der Waals surface area contributed by atoms with Crippen molar-refractivity contribution in [1.82, 2.24) is 34.7 Å². The first-order valence-corrected chi connectivity index (χ1v) is 14.9. The molecule has 2 saturated heterocycles. The molecule has 2 bridgehead atoms. The second-order valence-electron chi connectivity index (χ2n) is 13.0. The highest BCUT2D eigenvalue weighted by Gasteiger charge is 2.61. The third kappa shape index (κ3) is 3.96. The zero-order valence-corrected chi connectivity index (χ0v) is 25.1. The van der Waals surface area contributed by atoms with Crippen molar-refractivity contribution in [2.45, 2.75) is 38.8 Å². The molecular formula is C34H31FN8O2. The van der Waals surface area contributed by atoms with Crippen LogP contribution in [-0.4, -0.2) is 70.5 Å². The molecule has 2 fully saturated rings. The number of benzene rings is 2. The van der Waals surface area contributed by atoms with E-state index in [1.165, 1.54) is 0 Å². The van der Waals surface area contributed by atoms with Crippen molar-refractivity contribution in [2.75, 3.05) is 18.0 Å². The van der Waals surface area contributed by atoms with Crippen LogP contribution >= 0.6 is 0 Å². The number of nitrogens with one attached hydrogen (secondary N) is 1. The van der Waals surface area contributed by atoms with E-state index in [-0.39, 0.29) is 17.3 Å². The van der Waals surface area contributed by atoms with Gasteiger partial charge in [0.15, 0.2) is 5.65 Å². The summed E-state index contributed by atoms with van der Waals surface area (Å²) in [5.74, 6) is -0.387. The maximum absolute atomic E-state index is 16.2. The Morgan fingerprint density at radius 2 is 1.89 bits per heavy atom. The lowest BCUT2D eigenvalue weighted by Gasteiger charge is -2.48. The highest BCUT2D eigenvalue weighted by Crippen LogP contribution is 2.51. The molecule has 11 heteroatoms. The fourth-order valence-electron chi connectivity index (χ4n) is 7.42. The average Bonchev–Trinajstić information content (AvgIpc) is 3.82. The molecule has 0 radical (unpaired) electrons. The lowest BCUT2D eigenvalue weighted by molar-refractivity contribution is 0.0363. The molecule has 8 rings (SSSR count). The van der Waals surface area contributed by atoms with Crippen molar-refractivity contribution < 1.29 is 14.3 Å². The molecule has 4 aromatic heterocycles. The molecule has 10 nitrogen and oxygen atoms in total. The maximum Gasteiger partial charge on any atom is 0.407 e. The van der Waals surface area contributed by atoms with Crippen LogP contribution < -0.4 is 4.90 Å². The van der Waals surface area contributed by atoms with Gasteiger partial charge in [-0.1, -0.05) is 32.9 Å². The van der Waals surface area contributed by atoms with Crippen LogP contribution in [0.25, 0.3) is 50.2 Å². The van der Waals surface area contributed by atoms with Gasteiger partial charge in [-0.25, -0.2) is 18.7 Å². The van der Waals surface area contributed by atoms with Gasteiger partial charge < -0.3 is 10.0 Å². The maximum atomic E-state index is 16.2. The largest absolute Gasteiger partial charge is 0.465 e. The zero-order chi connectivity index (χ0) is 31.1. The van der Waals surface area contributed by atoms with E-state index in [4.69, 9.17) is 10.1 Å². The molecule has 0 aliphatic carbocycles. The van der Waals surface area contributed by atoms with Crippen LogP contribution in [0.3, 0.4) is 0 Å². The van der Waals surface area contributed by atoms with E-state index in [0.717, 1.165) is 33.3 Å². The third-order valence-corrected chi connectivity index (χ3v) is 9.77. The van der Waals surface area contributed by atoms with Crippen molar-refractivity contribution in [3.05, 3.63) is 85.2 Å². The highest BCUT2D eigenvalue weighted by atomic mass is 19.1. The van der Waals surface area contributed by atoms with Crippen LogP contribution in [0, 0.1) is 11.2 Å². The Morgan fingerprint density at radius 1 is 1.07 bits per heavy atom. The van der Waals surface area contributed by atoms with Crippen molar-refractivity contribution in [3.8, 4) is 33.6 Å². The molecule has 0 saturated carbocycles. The number of anilines is 1. The lowest BCUT2D eigenvalue weighted by Crippen LogP contribution is -2.61. The van der Waals surface area contributed by atoms with Gasteiger partial charge in [-0.05, 0) is 59.9 Å². The summed E-state index contributed by atoms with van der Waals surface area (Å²) in [6, 6.07) is 16.8. The van der Waals surface area contributed by atoms with Gasteiger partial charge in [0.2, 0.25) is 0 Å². The number of likely N-dealkylation sites (tertiary alicyclic amines) is 1. The first kappa shape index (κ1) is 27.2. The normalized spacial score (nSPS) is 19.7. The first-order valence-electron chi connectivity index (χ1n) is 14.9. The van der Waals surface area contributed by atoms with Gasteiger partial charge in [0.25, 0.3) is 0 Å². The van der Waals surface area contributed by atoms with Crippen LogP contribution in [-0.2, 0) is 0 Å². The van der Waals surface area contributed by atoms with Gasteiger partial charge in [-0.15, -0.1) is 0 Å². The van der Waals surface area contributed by atoms with Crippen LogP contribution in [0.15, 0.2) is 79.4 Å². The minimum absolute atomic E-state index is 0.0135. The molecule has 6 aromatic rings. The molecule has 226 valence electrons. The Hall–Kier alpha value is -5.32. The quantitative estimate of drug-likeness (QED) is 0.237. The van der Waals surface area contributed by atoms with Crippen molar-refractivity contribution in [2.24, 2.45) is 5.41 Å². The Bertz CT molecular complexity index is 2120. The number of aromatic amines is 1. The van der Waals surface area contributed by atoms with Gasteiger partial charge in [0.05, 0.1) is 28.5 Å². The van der Waals surface area contributed by atoms with Crippen LogP contribution in [0.2, 0.25) is 0 Å². The van der Waals surface area contributed by atoms with Gasteiger partial charge >= 0.3 is 6.09 Å². The van der Waals surface area contributed by atoms with E-state index < -0.39 is 11.6 Å². The molecule has 45 heavy (non-hydrogen) atoms. The summed E-state index contributed by atoms with van der Waals surface area (Å²) in [7, 11) is 0. The minimum atomic E-state index is -0.899. The predicted molar refractivity (Wildman–Crippen MR) is 169 cm³/mol. The summed E-state index contributed by atoms with van der Waals surface area (Å²) in [5.41, 5.74) is 5.66. The summed E-state index contributed by atoms with van der Waals surface area (Å²) in [6.45, 7) is 7.16. The molecule has 2 aliphatic rings. The van der Waals surface area contributed by atoms with E-state index in [2.05, 4.69) is 40.9 Å². The Kier molecular flexibility index (Phi) is 5.81. The molecule has 2 N–H and O–H groups in total. The molecule has 1 amide bonds. The van der Waals surface area contributed by atoms with Crippen LogP contribution in [0.5, 0.6) is 0 Å². The SMILES string of the molecule is CC(C)(C)[C@]12C[C@@H](CN1C(=O)O)N(c1ccc(-c3ccnc4c(-c5cccc6[nH]ncc56)c(-c5ccncc5)nn34)c(F)c1)C2. The monoisotopic (exact) mass is 602 g/mol. The standard InChI is InChI=1S/C34H31FN8O2/c1-33(2,3)34-16-22(18-42(34)32(44)45)41(19-34)21-7-8-24(26(35)15-21)28-11-14-37-31-29(23-5-4-6-27-25(23)17-38-39-27)30(40-43(28)31)20-9-12-36-13-10-20/h4-15,17,22H,16,18-19H2,1-3H3,(H,38,39)(H,44,45)/t22-,34+/m0/s1. The molecule has 0 unspecified atom stereocenters. The number of nitrogens with zero attached hydrogens (tertiary/aromatic N) is 7. The average molecular weight is 603 g/mol. The molecule has 2 aromatic carbocycles. The smallest absolute Gasteiger partial charge is 0.407 e. The number of carbonyl (C=O) groups is 1. The van der Waals surface area contributed by atoms with Crippen LogP contribution in [0.4, 0.5) is 14.9 Å². The van der Waals surface area contributed by atoms with E-state index in [1.54, 1.807) is 52.4 Å². The summed E-state index contributed by atoms with van der Waals surface area (Å²) >= 11 is 0. The number of hydrogen-bond donors (Lipinski definition) is 2. The number of fused-ring (bicyclic) bond motifs is 4. The van der Waals surface area contributed by atoms with Gasteiger partial charge in [-0.3, -0.25) is 15.0 Å². The highest BCUT2D eigenvalue weighted by molar-refractivity contribution is 6.02. The second-order valence-corrected chi connectivity index (χ2v) is 13.0. The number of pyridine rings is 1. The number of carboxylic acid groups (broad SMARTS) is 1.